The monoisotopic (exact) mass is 334 g/mol. The average molecular weight is 335 g/mol. The van der Waals surface area contributed by atoms with Crippen molar-refractivity contribution in [3.63, 3.8) is 0 Å². The topological polar surface area (TPSA) is 36.3 Å². The quantitative estimate of drug-likeness (QED) is 0.851. The molecule has 2 unspecified atom stereocenters. The molecule has 2 atom stereocenters. The van der Waals surface area contributed by atoms with Gasteiger partial charge in [0.1, 0.15) is 0 Å². The normalized spacial score (nSPS) is 26.8. The highest BCUT2D eigenvalue weighted by molar-refractivity contribution is 9.10. The lowest BCUT2D eigenvalue weighted by Gasteiger charge is -2.19. The summed E-state index contributed by atoms with van der Waals surface area (Å²) in [6.07, 6.45) is 2.53. The summed E-state index contributed by atoms with van der Waals surface area (Å²) in [4.78, 5) is 2.52. The summed E-state index contributed by atoms with van der Waals surface area (Å²) in [5.74, 6) is 1.57. The van der Waals surface area contributed by atoms with E-state index in [1.807, 2.05) is 12.1 Å². The first-order valence-electron chi connectivity index (χ1n) is 7.25. The van der Waals surface area contributed by atoms with Gasteiger partial charge >= 0.3 is 0 Å². The summed E-state index contributed by atoms with van der Waals surface area (Å²) in [6.45, 7) is 5.23. The summed E-state index contributed by atoms with van der Waals surface area (Å²) in [5.41, 5.74) is 1.98. The molecule has 2 heterocycles. The van der Waals surface area contributed by atoms with Crippen LogP contribution in [0.1, 0.15) is 24.0 Å². The summed E-state index contributed by atoms with van der Waals surface area (Å²) >= 11 is 3.58. The minimum atomic E-state index is 0.711. The van der Waals surface area contributed by atoms with Gasteiger partial charge in [-0.3, -0.25) is 4.90 Å². The fourth-order valence-corrected chi connectivity index (χ4v) is 3.81. The molecule has 106 valence electrons. The molecule has 0 aromatic heterocycles. The summed E-state index contributed by atoms with van der Waals surface area (Å²) in [6, 6.07) is 8.05. The maximum absolute atomic E-state index is 8.90. The molecule has 2 aliphatic rings. The zero-order chi connectivity index (χ0) is 13.9. The van der Waals surface area contributed by atoms with Crippen molar-refractivity contribution < 1.29 is 4.74 Å². The van der Waals surface area contributed by atoms with Crippen LogP contribution in [0, 0.1) is 23.2 Å². The van der Waals surface area contributed by atoms with Gasteiger partial charge in [-0.1, -0.05) is 22.0 Å². The van der Waals surface area contributed by atoms with Crippen LogP contribution in [0.4, 0.5) is 0 Å². The molecule has 1 aromatic rings. The molecule has 0 bridgehead atoms. The smallest absolute Gasteiger partial charge is 0.0992 e. The van der Waals surface area contributed by atoms with Gasteiger partial charge < -0.3 is 4.74 Å². The molecule has 4 heteroatoms. The van der Waals surface area contributed by atoms with Gasteiger partial charge in [0.25, 0.3) is 0 Å². The lowest BCUT2D eigenvalue weighted by molar-refractivity contribution is 0.171. The number of hydrogen-bond acceptors (Lipinski definition) is 3. The molecule has 2 saturated heterocycles. The third kappa shape index (κ3) is 3.06. The Bertz CT molecular complexity index is 520. The van der Waals surface area contributed by atoms with Crippen LogP contribution in [0.3, 0.4) is 0 Å². The molecule has 2 aliphatic heterocycles. The highest BCUT2D eigenvalue weighted by atomic mass is 79.9. The average Bonchev–Trinajstić information content (AvgIpc) is 3.11. The summed E-state index contributed by atoms with van der Waals surface area (Å²) < 4.78 is 6.56. The highest BCUT2D eigenvalue weighted by Crippen LogP contribution is 2.31. The second-order valence-electron chi connectivity index (χ2n) is 5.83. The highest BCUT2D eigenvalue weighted by Gasteiger charge is 2.31. The van der Waals surface area contributed by atoms with Crippen molar-refractivity contribution in [2.45, 2.75) is 19.4 Å². The Morgan fingerprint density at radius 1 is 1.35 bits per heavy atom. The lowest BCUT2D eigenvalue weighted by atomic mass is 9.91. The van der Waals surface area contributed by atoms with E-state index >= 15 is 0 Å². The Hall–Kier alpha value is -0.890. The van der Waals surface area contributed by atoms with Crippen molar-refractivity contribution in [2.24, 2.45) is 11.8 Å². The maximum Gasteiger partial charge on any atom is 0.0992 e. The predicted octanol–water partition coefficient (Wildman–Crippen LogP) is 3.18. The summed E-state index contributed by atoms with van der Waals surface area (Å²) in [5, 5.41) is 8.90. The van der Waals surface area contributed by atoms with Crippen molar-refractivity contribution in [1.82, 2.24) is 4.90 Å². The van der Waals surface area contributed by atoms with Crippen molar-refractivity contribution >= 4 is 15.9 Å². The van der Waals surface area contributed by atoms with Crippen LogP contribution in [-0.2, 0) is 11.3 Å². The van der Waals surface area contributed by atoms with E-state index in [2.05, 4.69) is 33.0 Å². The number of benzene rings is 1. The number of ether oxygens (including phenoxy) is 1. The fraction of sp³-hybridized carbons (Fsp3) is 0.562. The minimum absolute atomic E-state index is 0.711. The van der Waals surface area contributed by atoms with Gasteiger partial charge in [-0.15, -0.1) is 0 Å². The van der Waals surface area contributed by atoms with Gasteiger partial charge in [0.05, 0.1) is 11.6 Å². The first-order chi connectivity index (χ1) is 9.76. The van der Waals surface area contributed by atoms with E-state index in [0.717, 1.165) is 36.1 Å². The van der Waals surface area contributed by atoms with Gasteiger partial charge in [-0.2, -0.15) is 5.26 Å². The van der Waals surface area contributed by atoms with Crippen LogP contribution < -0.4 is 0 Å². The molecule has 2 fully saturated rings. The number of likely N-dealkylation sites (tertiary alicyclic amines) is 1. The number of halogens is 1. The third-order valence-corrected chi connectivity index (χ3v) is 5.25. The molecular weight excluding hydrogens is 316 g/mol. The molecule has 0 N–H and O–H groups in total. The standard InChI is InChI=1S/C16H19BrN2O/c17-16-7-12(8-18)1-2-14(16)10-19-5-3-13(9-19)15-4-6-20-11-15/h1-2,7,13,15H,3-6,9-11H2. The van der Waals surface area contributed by atoms with E-state index in [4.69, 9.17) is 10.00 Å². The molecule has 0 radical (unpaired) electrons. The van der Waals surface area contributed by atoms with Gasteiger partial charge in [0.15, 0.2) is 0 Å². The van der Waals surface area contributed by atoms with Crippen LogP contribution in [0.5, 0.6) is 0 Å². The van der Waals surface area contributed by atoms with E-state index in [1.165, 1.54) is 31.5 Å². The van der Waals surface area contributed by atoms with Crippen LogP contribution in [-0.4, -0.2) is 31.2 Å². The van der Waals surface area contributed by atoms with Crippen molar-refractivity contribution in [3.8, 4) is 6.07 Å². The summed E-state index contributed by atoms with van der Waals surface area (Å²) in [7, 11) is 0. The van der Waals surface area contributed by atoms with Crippen LogP contribution in [0.2, 0.25) is 0 Å². The van der Waals surface area contributed by atoms with Gasteiger partial charge in [-0.05, 0) is 48.9 Å². The molecule has 0 spiro atoms. The van der Waals surface area contributed by atoms with Crippen molar-refractivity contribution in [1.29, 1.82) is 5.26 Å². The van der Waals surface area contributed by atoms with E-state index in [0.29, 0.717) is 5.56 Å². The Kier molecular flexibility index (Phi) is 4.40. The van der Waals surface area contributed by atoms with E-state index in [9.17, 15) is 0 Å². The first kappa shape index (κ1) is 14.1. The largest absolute Gasteiger partial charge is 0.381 e. The van der Waals surface area contributed by atoms with Gasteiger partial charge in [-0.25, -0.2) is 0 Å². The molecule has 3 rings (SSSR count). The molecule has 20 heavy (non-hydrogen) atoms. The van der Waals surface area contributed by atoms with Crippen LogP contribution in [0.15, 0.2) is 22.7 Å². The van der Waals surface area contributed by atoms with Crippen molar-refractivity contribution in [3.05, 3.63) is 33.8 Å². The van der Waals surface area contributed by atoms with Crippen LogP contribution in [0.25, 0.3) is 0 Å². The molecule has 1 aromatic carbocycles. The number of hydrogen-bond donors (Lipinski definition) is 0. The Morgan fingerprint density at radius 3 is 2.95 bits per heavy atom. The predicted molar refractivity (Wildman–Crippen MR) is 81.2 cm³/mol. The van der Waals surface area contributed by atoms with Crippen molar-refractivity contribution in [2.75, 3.05) is 26.3 Å². The SMILES string of the molecule is N#Cc1ccc(CN2CCC(C3CCOC3)C2)c(Br)c1. The lowest BCUT2D eigenvalue weighted by Crippen LogP contribution is -2.23. The zero-order valence-electron chi connectivity index (χ0n) is 11.5. The Morgan fingerprint density at radius 2 is 2.25 bits per heavy atom. The number of nitriles is 1. The van der Waals surface area contributed by atoms with E-state index < -0.39 is 0 Å². The number of nitrogens with zero attached hydrogens (tertiary/aromatic N) is 2. The second kappa shape index (κ2) is 6.26. The fourth-order valence-electron chi connectivity index (χ4n) is 3.30. The molecular formula is C16H19BrN2O. The first-order valence-corrected chi connectivity index (χ1v) is 8.04. The third-order valence-electron chi connectivity index (χ3n) is 4.52. The Balaban J connectivity index is 1.60. The van der Waals surface area contributed by atoms with Gasteiger partial charge in [0, 0.05) is 30.8 Å². The molecule has 0 amide bonds. The molecule has 0 saturated carbocycles. The van der Waals surface area contributed by atoms with Gasteiger partial charge in [0.2, 0.25) is 0 Å². The minimum Gasteiger partial charge on any atom is -0.381 e. The van der Waals surface area contributed by atoms with E-state index in [1.54, 1.807) is 0 Å². The molecule has 3 nitrogen and oxygen atoms in total. The Labute approximate surface area is 128 Å². The second-order valence-corrected chi connectivity index (χ2v) is 6.68. The van der Waals surface area contributed by atoms with E-state index in [-0.39, 0.29) is 0 Å². The maximum atomic E-state index is 8.90. The molecule has 0 aliphatic carbocycles. The van der Waals surface area contributed by atoms with Crippen LogP contribution >= 0.6 is 15.9 Å². The zero-order valence-corrected chi connectivity index (χ0v) is 13.1. The number of rotatable bonds is 3.